The summed E-state index contributed by atoms with van der Waals surface area (Å²) >= 11 is 0. The fourth-order valence-corrected chi connectivity index (χ4v) is 11.0. The molecule has 0 radical (unpaired) electrons. The Morgan fingerprint density at radius 1 is 0.409 bits per heavy atom. The van der Waals surface area contributed by atoms with E-state index < -0.39 is 0 Å². The van der Waals surface area contributed by atoms with Crippen LogP contribution in [-0.2, 0) is 27.1 Å². The van der Waals surface area contributed by atoms with Crippen molar-refractivity contribution < 1.29 is 0 Å². The molecule has 1 aliphatic carbocycles. The third kappa shape index (κ3) is 7.36. The number of hydrogen-bond donors (Lipinski definition) is 0. The minimum absolute atomic E-state index is 0.000383. The van der Waals surface area contributed by atoms with Crippen LogP contribution in [0, 0.1) is 0 Å². The van der Waals surface area contributed by atoms with Gasteiger partial charge in [0.1, 0.15) is 0 Å². The van der Waals surface area contributed by atoms with Crippen molar-refractivity contribution in [3.8, 4) is 0 Å². The van der Waals surface area contributed by atoms with E-state index in [9.17, 15) is 0 Å². The number of fused-ring (bicyclic) bond motifs is 5. The molecule has 0 amide bonds. The highest BCUT2D eigenvalue weighted by atomic mass is 15.2. The predicted molar refractivity (Wildman–Crippen MR) is 287 cm³/mol. The first-order chi connectivity index (χ1) is 31.1. The SMILES string of the molecule is CC(C)(C)c1ccc(N2c3ccc(C(C)(C)C)cc3B3c4cc5c(cc4N(c4ccc(C(C)(C)C)cc4)c4cc(N(c6ccccc6)c6ccccc6)cc2c43)C(C)(C)CCC5(C)C)cc1. The molecule has 0 saturated carbocycles. The van der Waals surface area contributed by atoms with E-state index in [1.54, 1.807) is 0 Å². The van der Waals surface area contributed by atoms with Gasteiger partial charge in [0, 0.05) is 45.5 Å². The van der Waals surface area contributed by atoms with Gasteiger partial charge in [-0.3, -0.25) is 0 Å². The summed E-state index contributed by atoms with van der Waals surface area (Å²) in [5.41, 5.74) is 21.8. The third-order valence-corrected chi connectivity index (χ3v) is 15.2. The van der Waals surface area contributed by atoms with E-state index in [4.69, 9.17) is 0 Å². The van der Waals surface area contributed by atoms with Crippen LogP contribution in [-0.4, -0.2) is 6.71 Å². The summed E-state index contributed by atoms with van der Waals surface area (Å²) in [6, 6.07) is 58.3. The van der Waals surface area contributed by atoms with Crippen LogP contribution in [0.25, 0.3) is 0 Å². The van der Waals surface area contributed by atoms with E-state index in [2.05, 4.69) is 256 Å². The second kappa shape index (κ2) is 15.3. The molecule has 0 unspecified atom stereocenters. The van der Waals surface area contributed by atoms with E-state index in [1.807, 2.05) is 0 Å². The molecule has 3 aliphatic rings. The molecule has 0 aromatic heterocycles. The van der Waals surface area contributed by atoms with Crippen molar-refractivity contribution in [1.29, 1.82) is 0 Å². The lowest BCUT2D eigenvalue weighted by Gasteiger charge is -2.48. The molecule has 0 saturated heterocycles. The molecule has 4 heteroatoms. The van der Waals surface area contributed by atoms with Gasteiger partial charge in [-0.25, -0.2) is 0 Å². The number of nitrogens with zero attached hydrogens (tertiary/aromatic N) is 3. The minimum Gasteiger partial charge on any atom is -0.311 e. The zero-order valence-corrected chi connectivity index (χ0v) is 41.8. The maximum Gasteiger partial charge on any atom is 0.252 e. The minimum atomic E-state index is -0.0345. The second-order valence-electron chi connectivity index (χ2n) is 23.8. The largest absolute Gasteiger partial charge is 0.311 e. The summed E-state index contributed by atoms with van der Waals surface area (Å²) in [6.07, 6.45) is 2.32. The van der Waals surface area contributed by atoms with Crippen molar-refractivity contribution in [2.75, 3.05) is 14.7 Å². The van der Waals surface area contributed by atoms with Crippen LogP contribution in [0.2, 0.25) is 0 Å². The highest BCUT2D eigenvalue weighted by Gasteiger charge is 2.47. The number of para-hydroxylation sites is 2. The van der Waals surface area contributed by atoms with Crippen LogP contribution < -0.4 is 31.1 Å². The van der Waals surface area contributed by atoms with Crippen molar-refractivity contribution in [1.82, 2.24) is 0 Å². The fourth-order valence-electron chi connectivity index (χ4n) is 11.0. The van der Waals surface area contributed by atoms with Gasteiger partial charge in [0.25, 0.3) is 6.71 Å². The van der Waals surface area contributed by atoms with Crippen LogP contribution in [0.3, 0.4) is 0 Å². The van der Waals surface area contributed by atoms with Gasteiger partial charge in [0.2, 0.25) is 0 Å². The quantitative estimate of drug-likeness (QED) is 0.160. The Morgan fingerprint density at radius 2 is 0.818 bits per heavy atom. The molecule has 0 atom stereocenters. The lowest BCUT2D eigenvalue weighted by molar-refractivity contribution is 0.332. The lowest BCUT2D eigenvalue weighted by atomic mass is 9.33. The van der Waals surface area contributed by atoms with Gasteiger partial charge in [-0.1, -0.05) is 169 Å². The van der Waals surface area contributed by atoms with Crippen molar-refractivity contribution in [3.05, 3.63) is 179 Å². The van der Waals surface area contributed by atoms with Crippen LogP contribution in [0.4, 0.5) is 51.2 Å². The molecule has 0 spiro atoms. The summed E-state index contributed by atoms with van der Waals surface area (Å²) in [6.45, 7) is 30.8. The van der Waals surface area contributed by atoms with Crippen molar-refractivity contribution >= 4 is 74.3 Å². The van der Waals surface area contributed by atoms with E-state index >= 15 is 0 Å². The maximum absolute atomic E-state index is 2.66. The molecule has 2 heterocycles. The molecule has 66 heavy (non-hydrogen) atoms. The first-order valence-corrected chi connectivity index (χ1v) is 24.3. The first-order valence-electron chi connectivity index (χ1n) is 24.3. The Kier molecular flexibility index (Phi) is 10.2. The lowest BCUT2D eigenvalue weighted by Crippen LogP contribution is -2.62. The molecule has 0 fully saturated rings. The fraction of sp³-hybridized carbons (Fsp3) is 0.323. The number of benzene rings is 7. The van der Waals surface area contributed by atoms with E-state index in [-0.39, 0.29) is 33.8 Å². The van der Waals surface area contributed by atoms with Crippen molar-refractivity contribution in [2.24, 2.45) is 0 Å². The maximum atomic E-state index is 2.66. The van der Waals surface area contributed by atoms with Gasteiger partial charge in [0.15, 0.2) is 0 Å². The van der Waals surface area contributed by atoms with Crippen LogP contribution in [0.5, 0.6) is 0 Å². The summed E-state index contributed by atoms with van der Waals surface area (Å²) in [5.74, 6) is 0. The van der Waals surface area contributed by atoms with Crippen molar-refractivity contribution in [2.45, 2.75) is 130 Å². The number of rotatable bonds is 5. The molecule has 334 valence electrons. The number of hydrogen-bond acceptors (Lipinski definition) is 3. The zero-order valence-electron chi connectivity index (χ0n) is 41.8. The monoisotopic (exact) mass is 866 g/mol. The Hall–Kier alpha value is -6.00. The van der Waals surface area contributed by atoms with E-state index in [1.165, 1.54) is 72.6 Å². The topological polar surface area (TPSA) is 9.72 Å². The zero-order chi connectivity index (χ0) is 46.7. The summed E-state index contributed by atoms with van der Waals surface area (Å²) < 4.78 is 0. The normalized spacial score (nSPS) is 16.0. The van der Waals surface area contributed by atoms with Crippen LogP contribution in [0.1, 0.15) is 131 Å². The molecule has 10 rings (SSSR count). The first kappa shape index (κ1) is 43.9. The standard InChI is InChI=1S/C62H68BN3/c1-58(2,3)41-24-29-46(30-25-41)65-53-33-28-43(60(7,8)9)36-51(53)63-52-39-49-50(62(12,13)35-34-61(49,10)11)40-54(52)66(47-31-26-42(27-32-47)59(4,5)6)56-38-48(37-55(65)57(56)63)64(44-20-16-14-17-21-44)45-22-18-15-19-23-45/h14-33,36-40H,34-35H2,1-13H3. The van der Waals surface area contributed by atoms with Gasteiger partial charge in [0.05, 0.1) is 5.69 Å². The molecule has 0 N–H and O–H groups in total. The Labute approximate surface area is 396 Å². The second-order valence-corrected chi connectivity index (χ2v) is 23.8. The highest BCUT2D eigenvalue weighted by molar-refractivity contribution is 7.00. The average Bonchev–Trinajstić information content (AvgIpc) is 3.27. The summed E-state index contributed by atoms with van der Waals surface area (Å²) in [5, 5.41) is 0. The molecule has 7 aromatic rings. The molecule has 2 aliphatic heterocycles. The smallest absolute Gasteiger partial charge is 0.252 e. The van der Waals surface area contributed by atoms with Crippen molar-refractivity contribution in [3.63, 3.8) is 0 Å². The summed E-state index contributed by atoms with van der Waals surface area (Å²) in [4.78, 5) is 7.66. The highest BCUT2D eigenvalue weighted by Crippen LogP contribution is 2.52. The van der Waals surface area contributed by atoms with Gasteiger partial charge in [-0.2, -0.15) is 0 Å². The molecule has 0 bridgehead atoms. The Morgan fingerprint density at radius 3 is 1.27 bits per heavy atom. The van der Waals surface area contributed by atoms with Crippen LogP contribution >= 0.6 is 0 Å². The van der Waals surface area contributed by atoms with Gasteiger partial charge < -0.3 is 14.7 Å². The van der Waals surface area contributed by atoms with E-state index in [0.29, 0.717) is 0 Å². The van der Waals surface area contributed by atoms with Crippen LogP contribution in [0.15, 0.2) is 152 Å². The number of anilines is 9. The third-order valence-electron chi connectivity index (χ3n) is 15.2. The molecule has 7 aromatic carbocycles. The predicted octanol–water partition coefficient (Wildman–Crippen LogP) is 15.5. The van der Waals surface area contributed by atoms with Gasteiger partial charge in [-0.05, 0) is 157 Å². The van der Waals surface area contributed by atoms with Gasteiger partial charge >= 0.3 is 0 Å². The Balaban J connectivity index is 1.36. The average molecular weight is 866 g/mol. The molecular weight excluding hydrogens is 798 g/mol. The van der Waals surface area contributed by atoms with Gasteiger partial charge in [-0.15, -0.1) is 0 Å². The molecular formula is C62H68BN3. The van der Waals surface area contributed by atoms with E-state index in [0.717, 1.165) is 35.6 Å². The molecule has 3 nitrogen and oxygen atoms in total. The Bertz CT molecular complexity index is 2920. The summed E-state index contributed by atoms with van der Waals surface area (Å²) in [7, 11) is 0.